The minimum Gasteiger partial charge on any atom is -0.595 e. The summed E-state index contributed by atoms with van der Waals surface area (Å²) in [5.74, 6) is -2.27. The highest BCUT2D eigenvalue weighted by Gasteiger charge is 2.68. The molecule has 1 aromatic rings. The number of nitrogens with one attached hydrogen (secondary N) is 2. The van der Waals surface area contributed by atoms with Crippen molar-refractivity contribution in [3.63, 3.8) is 0 Å². The predicted molar refractivity (Wildman–Crippen MR) is 165 cm³/mol. The number of amides is 1. The quantitative estimate of drug-likeness (QED) is 0.105. The summed E-state index contributed by atoms with van der Waals surface area (Å²) in [7, 11) is 1.16. The molecule has 1 aromatic carbocycles. The van der Waals surface area contributed by atoms with Gasteiger partial charge in [-0.25, -0.2) is 10.0 Å². The second-order valence-corrected chi connectivity index (χ2v) is 14.0. The number of phenolic OH excluding ortho intramolecular Hbond substituents is 1. The maximum Gasteiger partial charge on any atom is 0.328 e. The molecule has 0 heterocycles. The van der Waals surface area contributed by atoms with E-state index in [9.17, 15) is 45.2 Å². The number of carbonyl (C=O) groups is 3. The van der Waals surface area contributed by atoms with Crippen LogP contribution in [-0.2, 0) is 30.4 Å². The van der Waals surface area contributed by atoms with Gasteiger partial charge in [0.15, 0.2) is 18.1 Å². The number of fused-ring (bicyclic) bond motifs is 5. The van der Waals surface area contributed by atoms with Crippen LogP contribution in [0.15, 0.2) is 35.0 Å². The highest BCUT2D eigenvalue weighted by Crippen LogP contribution is 2.67. The van der Waals surface area contributed by atoms with Crippen LogP contribution in [-0.4, -0.2) is 87.1 Å². The average Bonchev–Trinajstić information content (AvgIpc) is 3.30. The third-order valence-electron chi connectivity index (χ3n) is 11.6. The van der Waals surface area contributed by atoms with Crippen molar-refractivity contribution < 1.29 is 54.8 Å². The summed E-state index contributed by atoms with van der Waals surface area (Å²) in [5, 5.41) is 68.3. The molecule has 0 spiro atoms. The molecule has 4 aliphatic carbocycles. The molecule has 5 rings (SSSR count). The first-order valence-corrected chi connectivity index (χ1v) is 16.1. The van der Waals surface area contributed by atoms with E-state index in [1.54, 1.807) is 0 Å². The molecule has 0 aromatic heterocycles. The Morgan fingerprint density at radius 2 is 1.94 bits per heavy atom. The second kappa shape index (κ2) is 13.2. The van der Waals surface area contributed by atoms with Gasteiger partial charge in [0.1, 0.15) is 18.2 Å². The van der Waals surface area contributed by atoms with Crippen molar-refractivity contribution in [2.24, 2.45) is 33.7 Å². The van der Waals surface area contributed by atoms with Crippen molar-refractivity contribution >= 4 is 29.1 Å². The van der Waals surface area contributed by atoms with E-state index in [4.69, 9.17) is 9.57 Å². The molecule has 1 amide bonds. The molecular formula is C33H45N3O11. The molecular weight excluding hydrogens is 614 g/mol. The number of hydrogen-bond acceptors (Lipinski definition) is 12. The zero-order valence-corrected chi connectivity index (χ0v) is 26.9. The summed E-state index contributed by atoms with van der Waals surface area (Å²) in [6, 6.07) is 2.73. The number of carbonyl (C=O) groups excluding carboxylic acids is 3. The van der Waals surface area contributed by atoms with Gasteiger partial charge in [-0.05, 0) is 85.8 Å². The summed E-state index contributed by atoms with van der Waals surface area (Å²) in [6.07, 6.45) is 5.18. The topological polar surface area (TPSA) is 223 Å². The van der Waals surface area contributed by atoms with Crippen molar-refractivity contribution in [1.82, 2.24) is 5.32 Å². The number of Topliss-reactive ketones (excluding diaryl/α,β-unsaturated/α-hetero) is 1. The highest BCUT2D eigenvalue weighted by atomic mass is 16.8. The van der Waals surface area contributed by atoms with Gasteiger partial charge in [0.25, 0.3) is 5.91 Å². The van der Waals surface area contributed by atoms with Gasteiger partial charge in [0.05, 0.1) is 18.9 Å². The Hall–Kier alpha value is -3.40. The number of methoxy groups -OCH3 is 1. The lowest BCUT2D eigenvalue weighted by atomic mass is 9.45. The molecule has 0 saturated heterocycles. The van der Waals surface area contributed by atoms with Crippen LogP contribution in [0.3, 0.4) is 0 Å². The molecule has 4 aliphatic rings. The number of nitrogens with zero attached hydrogens (tertiary/aromatic N) is 1. The first-order chi connectivity index (χ1) is 22.2. The van der Waals surface area contributed by atoms with E-state index in [0.717, 1.165) is 25.5 Å². The van der Waals surface area contributed by atoms with E-state index in [1.165, 1.54) is 18.2 Å². The van der Waals surface area contributed by atoms with E-state index in [1.807, 2.05) is 13.0 Å². The fraction of sp³-hybridized carbons (Fsp3) is 0.636. The molecule has 1 unspecified atom stereocenters. The standard InChI is InChI=1S/C33H45N3O11/c1-31-10-8-20(35-47-17-28(41)34-23(30(42)46-3)12-18-4-7-25(38)24(13-18)36(44)45)14-19(31)5-6-21-22-9-11-33(43,27(40)16-37)32(22,2)15-26(39)29(21)31/h4,7,13-14,21-23,26,29,36-39,43-44H,5-6,8-12,15-17H2,1-3H3,(H,34,41)/t21-,22-,23-,26-,29-,31+,32-,33+/m1/s1. The fourth-order valence-corrected chi connectivity index (χ4v) is 9.23. The molecule has 258 valence electrons. The number of allylic oxidation sites excluding steroid dienone is 2. The van der Waals surface area contributed by atoms with Crippen molar-refractivity contribution in [1.29, 1.82) is 0 Å². The van der Waals surface area contributed by atoms with Crippen molar-refractivity contribution in [3.8, 4) is 5.75 Å². The van der Waals surface area contributed by atoms with E-state index in [-0.39, 0.29) is 48.1 Å². The molecule has 9 atom stereocenters. The zero-order chi connectivity index (χ0) is 34.3. The molecule has 0 radical (unpaired) electrons. The lowest BCUT2D eigenvalue weighted by Crippen LogP contribution is -2.99. The number of hydrogen-bond donors (Lipinski definition) is 7. The Morgan fingerprint density at radius 1 is 1.19 bits per heavy atom. The van der Waals surface area contributed by atoms with Crippen LogP contribution in [0.25, 0.3) is 0 Å². The summed E-state index contributed by atoms with van der Waals surface area (Å²) in [5.41, 5.74) is -0.920. The number of ether oxygens (including phenoxy) is 1. The first kappa shape index (κ1) is 34.9. The summed E-state index contributed by atoms with van der Waals surface area (Å²) in [4.78, 5) is 43.1. The van der Waals surface area contributed by atoms with Crippen molar-refractivity contribution in [3.05, 3.63) is 40.6 Å². The maximum absolute atomic E-state index is 12.7. The first-order valence-electron chi connectivity index (χ1n) is 16.1. The molecule has 3 fully saturated rings. The molecule has 0 bridgehead atoms. The number of aliphatic hydroxyl groups excluding tert-OH is 2. The fourth-order valence-electron chi connectivity index (χ4n) is 9.23. The Balaban J connectivity index is 1.23. The summed E-state index contributed by atoms with van der Waals surface area (Å²) >= 11 is 0. The van der Waals surface area contributed by atoms with Gasteiger partial charge in [0.2, 0.25) is 5.69 Å². The molecule has 47 heavy (non-hydrogen) atoms. The third-order valence-corrected chi connectivity index (χ3v) is 11.6. The number of phenols is 1. The molecule has 3 saturated carbocycles. The van der Waals surface area contributed by atoms with Crippen LogP contribution in [0.4, 0.5) is 5.69 Å². The Kier molecular flexibility index (Phi) is 9.84. The van der Waals surface area contributed by atoms with Gasteiger partial charge in [-0.2, -0.15) is 5.23 Å². The molecule has 14 nitrogen and oxygen atoms in total. The minimum absolute atomic E-state index is 0.0498. The average molecular weight is 660 g/mol. The number of aromatic hydroxyl groups is 1. The number of rotatable bonds is 10. The van der Waals surface area contributed by atoms with E-state index in [0.29, 0.717) is 30.5 Å². The number of aliphatic hydroxyl groups is 3. The highest BCUT2D eigenvalue weighted by molar-refractivity contribution is 5.96. The Bertz CT molecular complexity index is 1460. The number of esters is 1. The van der Waals surface area contributed by atoms with Gasteiger partial charge in [-0.3, -0.25) is 9.59 Å². The molecule has 14 heteroatoms. The van der Waals surface area contributed by atoms with Crippen LogP contribution in [0.2, 0.25) is 0 Å². The lowest BCUT2D eigenvalue weighted by molar-refractivity contribution is -0.991. The van der Waals surface area contributed by atoms with Crippen LogP contribution in [0, 0.1) is 33.8 Å². The number of ketones is 1. The van der Waals surface area contributed by atoms with E-state index in [2.05, 4.69) is 17.4 Å². The molecule has 0 aliphatic heterocycles. The zero-order valence-electron chi connectivity index (χ0n) is 26.9. The van der Waals surface area contributed by atoms with Gasteiger partial charge >= 0.3 is 5.97 Å². The number of oxime groups is 1. The van der Waals surface area contributed by atoms with Crippen LogP contribution in [0.1, 0.15) is 64.4 Å². The maximum atomic E-state index is 12.7. The monoisotopic (exact) mass is 659 g/mol. The largest absolute Gasteiger partial charge is 0.595 e. The molecule has 7 N–H and O–H groups in total. The van der Waals surface area contributed by atoms with E-state index >= 15 is 0 Å². The van der Waals surface area contributed by atoms with E-state index < -0.39 is 65.0 Å². The Labute approximate surface area is 272 Å². The van der Waals surface area contributed by atoms with Crippen LogP contribution >= 0.6 is 0 Å². The van der Waals surface area contributed by atoms with Crippen LogP contribution < -0.4 is 10.5 Å². The van der Waals surface area contributed by atoms with Gasteiger partial charge in [-0.15, -0.1) is 0 Å². The van der Waals surface area contributed by atoms with Gasteiger partial charge in [0, 0.05) is 17.9 Å². The number of benzene rings is 1. The Morgan fingerprint density at radius 3 is 2.62 bits per heavy atom. The predicted octanol–water partition coefficient (Wildman–Crippen LogP) is 0.595. The van der Waals surface area contributed by atoms with Gasteiger partial charge < -0.3 is 40.5 Å². The van der Waals surface area contributed by atoms with Crippen molar-refractivity contribution in [2.75, 3.05) is 20.3 Å². The normalized spacial score (nSPS) is 35.1. The smallest absolute Gasteiger partial charge is 0.328 e. The third kappa shape index (κ3) is 6.18. The second-order valence-electron chi connectivity index (χ2n) is 14.0. The lowest BCUT2D eigenvalue weighted by Gasteiger charge is -2.60. The summed E-state index contributed by atoms with van der Waals surface area (Å²) in [6.45, 7) is 2.85. The number of quaternary nitrogens is 1. The van der Waals surface area contributed by atoms with Crippen molar-refractivity contribution in [2.45, 2.75) is 83.0 Å². The van der Waals surface area contributed by atoms with Gasteiger partial charge in [-0.1, -0.05) is 30.6 Å². The SMILES string of the molecule is COC(=O)[C@@H](Cc1ccc(O)c([NH+]([O-])O)c1)NC(=O)CON=C1C=C2CC[C@H]3[C@H]([C@H](O)C[C@]4(C)[C@@H]3CC[C@]4(O)C(=O)CO)[C@@]2(C)CC1. The van der Waals surface area contributed by atoms with Crippen LogP contribution in [0.5, 0.6) is 5.75 Å². The minimum atomic E-state index is -1.64. The summed E-state index contributed by atoms with van der Waals surface area (Å²) < 4.78 is 4.80.